The molecule has 0 aliphatic rings. The van der Waals surface area contributed by atoms with Crippen LogP contribution in [0.2, 0.25) is 0 Å². The largest absolute Gasteiger partial charge is 1.00 e. The summed E-state index contributed by atoms with van der Waals surface area (Å²) in [5.74, 6) is 0. The third-order valence-corrected chi connectivity index (χ3v) is 9.50. The number of fused-ring (bicyclic) bond motifs is 6. The third-order valence-electron chi connectivity index (χ3n) is 6.77. The van der Waals surface area contributed by atoms with Crippen molar-refractivity contribution in [1.82, 2.24) is 29.8 Å². The number of hydrogen-bond acceptors (Lipinski definition) is 7. The molecule has 13 nitrogen and oxygen atoms in total. The van der Waals surface area contributed by atoms with Crippen molar-refractivity contribution < 1.29 is 157 Å². The number of rotatable bonds is 3. The van der Waals surface area contributed by atoms with Crippen molar-refractivity contribution in [1.29, 1.82) is 1.43 Å². The van der Waals surface area contributed by atoms with Gasteiger partial charge in [-0.1, -0.05) is 63.6 Å². The molecular formula is C37H26Br4Cs2FN10O3+. The molecule has 0 atom stereocenters. The Labute approximate surface area is 481 Å². The molecule has 5 aromatic heterocycles. The van der Waals surface area contributed by atoms with Crippen molar-refractivity contribution in [2.75, 3.05) is 0 Å². The van der Waals surface area contributed by atoms with Crippen molar-refractivity contribution in [3.8, 4) is 11.4 Å². The van der Waals surface area contributed by atoms with Gasteiger partial charge < -0.3 is 9.28 Å². The number of carbonyl (C=O) groups excluding carboxylic acids is 1. The van der Waals surface area contributed by atoms with Crippen LogP contribution in [0.3, 0.4) is 0 Å². The zero-order valence-corrected chi connectivity index (χ0v) is 48.7. The van der Waals surface area contributed by atoms with E-state index >= 15 is 0 Å². The number of halogens is 5. The van der Waals surface area contributed by atoms with Crippen molar-refractivity contribution >= 4 is 120 Å². The van der Waals surface area contributed by atoms with Crippen LogP contribution in [0.4, 0.5) is 27.1 Å². The molecule has 0 aliphatic carbocycles. The molecule has 0 bridgehead atoms. The first kappa shape index (κ1) is 53.5. The first-order valence-electron chi connectivity index (χ1n) is 14.9. The smallest absolute Gasteiger partial charge is 0.463 e. The van der Waals surface area contributed by atoms with Gasteiger partial charge in [-0.25, -0.2) is 19.7 Å². The minimum Gasteiger partial charge on any atom is -0.463 e. The summed E-state index contributed by atoms with van der Waals surface area (Å²) in [4.78, 5) is 34.5. The fourth-order valence-electron chi connectivity index (χ4n) is 4.64. The first-order chi connectivity index (χ1) is 26.5. The molecule has 2 aromatic carbocycles. The second-order valence-electron chi connectivity index (χ2n) is 10.1. The molecule has 0 saturated carbocycles. The Morgan fingerprint density at radius 2 is 1.35 bits per heavy atom. The molecule has 0 spiro atoms. The Balaban J connectivity index is 0.000000803. The number of hydrogen-bond donors (Lipinski definition) is 2. The van der Waals surface area contributed by atoms with Crippen molar-refractivity contribution in [3.05, 3.63) is 149 Å². The molecule has 20 heteroatoms. The molecule has 57 heavy (non-hydrogen) atoms. The number of aryl methyl sites for hydroxylation is 2. The van der Waals surface area contributed by atoms with Gasteiger partial charge in [0.1, 0.15) is 14.9 Å². The van der Waals surface area contributed by atoms with Gasteiger partial charge in [-0.3, -0.25) is 29.3 Å². The molecule has 278 valence electrons. The van der Waals surface area contributed by atoms with Gasteiger partial charge in [0.05, 0.1) is 54.2 Å². The van der Waals surface area contributed by atoms with Crippen LogP contribution in [0.25, 0.3) is 59.5 Å². The standard InChI is InChI=1S/C17H8BrN5.C9H8BrN3.C8H2Br2N2.CH2F.CH2O3.CH4.2Cs/c1-9-6-15-17-10(4-5-16(18)21-17)11-7-12(19-2)13(20-3)8-14(11)23(15)22-9;1-6-5-8(13-12-6)7-3-2-4-9(10)11-7;1-11-7-3-5(9)6(10)4-8(7)12-2;1-2;2-1-4-3;;;/h4-8H,1H3;2-5H,1H3,(H,12,13);3-4H;1H2;1,3H;1H4;;/q;;;-1;;;2*+1/i/hD. The number of aromatic amines is 1. The molecule has 7 rings (SSSR count). The third kappa shape index (κ3) is 15.2. The van der Waals surface area contributed by atoms with Crippen LogP contribution >= 0.6 is 63.7 Å². The average molecular weight is 1260 g/mol. The van der Waals surface area contributed by atoms with Crippen molar-refractivity contribution in [3.63, 3.8) is 0 Å². The molecule has 0 saturated heterocycles. The minimum absolute atomic E-state index is 0. The number of pyridine rings is 3. The predicted octanol–water partition coefficient (Wildman–Crippen LogP) is 7.09. The number of aromatic nitrogens is 6. The zero-order valence-electron chi connectivity index (χ0n) is 30.8. The van der Waals surface area contributed by atoms with Gasteiger partial charge in [-0.2, -0.15) is 17.4 Å². The predicted molar refractivity (Wildman–Crippen MR) is 225 cm³/mol. The Kier molecular flexibility index (Phi) is 26.4. The number of H-pyrrole nitrogens is 1. The van der Waals surface area contributed by atoms with E-state index in [4.69, 9.17) is 32.5 Å². The fraction of sp³-hybridized carbons (Fsp3) is 0.0811. The average Bonchev–Trinajstić information content (AvgIpc) is 3.82. The van der Waals surface area contributed by atoms with Gasteiger partial charge in [0, 0.05) is 20.0 Å². The topological polar surface area (TPSA) is 136 Å². The molecule has 0 amide bonds. The van der Waals surface area contributed by atoms with E-state index in [0.29, 0.717) is 22.7 Å². The summed E-state index contributed by atoms with van der Waals surface area (Å²) in [6.45, 7) is 32.1. The molecule has 0 unspecified atom stereocenters. The van der Waals surface area contributed by atoms with E-state index in [9.17, 15) is 4.39 Å². The Bertz CT molecular complexity index is 2640. The number of carbonyl (C=O) groups is 1. The molecule has 2 N–H and O–H groups in total. The van der Waals surface area contributed by atoms with Crippen LogP contribution in [0.15, 0.2) is 84.9 Å². The van der Waals surface area contributed by atoms with E-state index in [-0.39, 0.29) is 152 Å². The number of benzene rings is 2. The Morgan fingerprint density at radius 1 is 0.789 bits per heavy atom. The van der Waals surface area contributed by atoms with E-state index in [1.165, 1.54) is 0 Å². The summed E-state index contributed by atoms with van der Waals surface area (Å²) < 4.78 is 19.9. The van der Waals surface area contributed by atoms with Crippen LogP contribution in [-0.4, -0.2) is 41.5 Å². The van der Waals surface area contributed by atoms with Crippen LogP contribution in [-0.2, 0) is 9.68 Å². The van der Waals surface area contributed by atoms with E-state index in [1.54, 1.807) is 36.0 Å². The Morgan fingerprint density at radius 3 is 1.84 bits per heavy atom. The summed E-state index contributed by atoms with van der Waals surface area (Å²) >= 11 is 13.2. The normalized spacial score (nSPS) is 9.30. The zero-order chi connectivity index (χ0) is 40.7. The molecule has 7 aromatic rings. The second-order valence-corrected chi connectivity index (χ2v) is 13.5. The van der Waals surface area contributed by atoms with Crippen molar-refractivity contribution in [2.45, 2.75) is 21.3 Å². The molecule has 0 fully saturated rings. The first-order valence-corrected chi connectivity index (χ1v) is 17.7. The maximum absolute atomic E-state index is 9.25. The van der Waals surface area contributed by atoms with E-state index in [1.807, 2.05) is 56.3 Å². The van der Waals surface area contributed by atoms with E-state index in [2.05, 4.69) is 119 Å². The van der Waals surface area contributed by atoms with Gasteiger partial charge in [0.25, 0.3) is 1.43 Å². The monoisotopic (exact) mass is 1260 g/mol. The molecule has 0 aliphatic heterocycles. The number of nitrogens with one attached hydrogen (secondary N) is 1. The van der Waals surface area contributed by atoms with Crippen molar-refractivity contribution in [2.24, 2.45) is 0 Å². The maximum atomic E-state index is 9.25. The van der Waals surface area contributed by atoms with Gasteiger partial charge >= 0.3 is 144 Å². The van der Waals surface area contributed by atoms with E-state index in [0.717, 1.165) is 68.3 Å². The molecular weight excluding hydrogens is 1240 g/mol. The summed E-state index contributed by atoms with van der Waals surface area (Å²) in [6, 6.07) is 20.3. The second kappa shape index (κ2) is 28.1. The van der Waals surface area contributed by atoms with Gasteiger partial charge in [-0.05, 0) is 93.6 Å². The summed E-state index contributed by atoms with van der Waals surface area (Å²) in [7, 11) is 1.75. The molecule has 0 radical (unpaired) electrons. The Hall–Kier alpha value is -1.50. The van der Waals surface area contributed by atoms with Crippen LogP contribution in [0, 0.1) is 47.3 Å². The molecule has 5 heterocycles. The van der Waals surface area contributed by atoms with Gasteiger partial charge in [-0.15, -0.1) is 0 Å². The van der Waals surface area contributed by atoms with Crippen LogP contribution in [0.1, 0.15) is 18.8 Å². The fourth-order valence-corrected chi connectivity index (χ4v) is 5.96. The van der Waals surface area contributed by atoms with E-state index < -0.39 is 0 Å². The van der Waals surface area contributed by atoms with Crippen LogP contribution in [0.5, 0.6) is 0 Å². The summed E-state index contributed by atoms with van der Waals surface area (Å²) in [5, 5.41) is 16.4. The maximum Gasteiger partial charge on any atom is 1.00 e. The summed E-state index contributed by atoms with van der Waals surface area (Å²) in [6.07, 6.45) is 0. The minimum atomic E-state index is 0. The van der Waals surface area contributed by atoms with Gasteiger partial charge in [0.15, 0.2) is 22.7 Å². The van der Waals surface area contributed by atoms with Crippen LogP contribution < -0.4 is 138 Å². The van der Waals surface area contributed by atoms with Gasteiger partial charge in [0.2, 0.25) is 0 Å². The SMILES string of the molecule is C.Cc1cc(-c2cccc(Br)n2)n[nH]1.[2H]OOC=O.[C-]#[N+]c1cc(Br)c(Br)cc1[N+]#[C-].[C-]#[N+]c1cc2c3ccc(Br)nc3c3cc(C)nn3c2cc1[N+]#[C-].[CH2-]F.[Cs+].[Cs+]. The number of nitrogens with zero attached hydrogens (tertiary/aromatic N) is 9. The summed E-state index contributed by atoms with van der Waals surface area (Å²) in [5.41, 5.74) is 7.61. The quantitative estimate of drug-likeness (QED) is 0.0482.